The molecule has 2 aromatic heterocycles. The maximum atomic E-state index is 11.5. The van der Waals surface area contributed by atoms with Gasteiger partial charge in [-0.05, 0) is 13.8 Å². The molecule has 0 radical (unpaired) electrons. The number of methoxy groups -OCH3 is 1. The second kappa shape index (κ2) is 5.48. The molecule has 1 N–H and O–H groups in total. The Kier molecular flexibility index (Phi) is 3.94. The van der Waals surface area contributed by atoms with Gasteiger partial charge >= 0.3 is 0 Å². The van der Waals surface area contributed by atoms with Gasteiger partial charge in [0.05, 0.1) is 17.9 Å². The molecule has 0 saturated carbocycles. The van der Waals surface area contributed by atoms with Crippen molar-refractivity contribution in [2.75, 3.05) is 18.7 Å². The molecule has 2 heterocycles. The van der Waals surface area contributed by atoms with Crippen molar-refractivity contribution in [3.63, 3.8) is 0 Å². The van der Waals surface area contributed by atoms with E-state index in [-0.39, 0.29) is 6.04 Å². The number of hydrogen-bond donors (Lipinski definition) is 1. The second-order valence-corrected chi connectivity index (χ2v) is 5.63. The maximum absolute atomic E-state index is 11.5. The minimum atomic E-state index is -1.22. The van der Waals surface area contributed by atoms with Gasteiger partial charge in [-0.2, -0.15) is 4.98 Å². The minimum Gasteiger partial charge on any atom is -0.481 e. The SMILES string of the molecule is COc1cc2cnc(S(C)=O)nc2c(NC(C)C)n1. The zero-order chi connectivity index (χ0) is 14.0. The summed E-state index contributed by atoms with van der Waals surface area (Å²) in [4.78, 5) is 12.7. The van der Waals surface area contributed by atoms with Crippen LogP contribution in [0.15, 0.2) is 17.4 Å². The molecule has 0 fully saturated rings. The van der Waals surface area contributed by atoms with Crippen LogP contribution in [0, 0.1) is 0 Å². The third-order valence-corrected chi connectivity index (χ3v) is 3.12. The van der Waals surface area contributed by atoms with Crippen LogP contribution in [0.3, 0.4) is 0 Å². The van der Waals surface area contributed by atoms with Crippen LogP contribution in [-0.2, 0) is 10.8 Å². The van der Waals surface area contributed by atoms with E-state index in [0.717, 1.165) is 5.39 Å². The smallest absolute Gasteiger partial charge is 0.218 e. The monoisotopic (exact) mass is 280 g/mol. The topological polar surface area (TPSA) is 77.0 Å². The summed E-state index contributed by atoms with van der Waals surface area (Å²) in [5.74, 6) is 1.10. The van der Waals surface area contributed by atoms with Crippen LogP contribution in [-0.4, -0.2) is 38.6 Å². The molecular weight excluding hydrogens is 264 g/mol. The van der Waals surface area contributed by atoms with Crippen molar-refractivity contribution in [1.29, 1.82) is 0 Å². The van der Waals surface area contributed by atoms with Crippen molar-refractivity contribution >= 4 is 27.5 Å². The Morgan fingerprint density at radius 2 is 2.11 bits per heavy atom. The number of rotatable bonds is 4. The molecule has 0 saturated heterocycles. The predicted octanol–water partition coefficient (Wildman–Crippen LogP) is 1.59. The first kappa shape index (κ1) is 13.7. The van der Waals surface area contributed by atoms with E-state index in [1.54, 1.807) is 25.6 Å². The van der Waals surface area contributed by atoms with Crippen LogP contribution in [0.4, 0.5) is 5.82 Å². The van der Waals surface area contributed by atoms with E-state index in [1.807, 2.05) is 13.8 Å². The highest BCUT2D eigenvalue weighted by atomic mass is 32.2. The molecule has 19 heavy (non-hydrogen) atoms. The van der Waals surface area contributed by atoms with Gasteiger partial charge in [0.2, 0.25) is 11.0 Å². The molecule has 0 amide bonds. The van der Waals surface area contributed by atoms with Crippen LogP contribution in [0.25, 0.3) is 10.9 Å². The average Bonchev–Trinajstić information content (AvgIpc) is 2.37. The first-order valence-electron chi connectivity index (χ1n) is 5.83. The largest absolute Gasteiger partial charge is 0.481 e. The lowest BCUT2D eigenvalue weighted by Gasteiger charge is -2.12. The summed E-state index contributed by atoms with van der Waals surface area (Å²) < 4.78 is 16.6. The van der Waals surface area contributed by atoms with Crippen molar-refractivity contribution in [1.82, 2.24) is 15.0 Å². The standard InChI is InChI=1S/C12H16N4O2S/c1-7(2)14-11-10-8(5-9(15-11)18-3)6-13-12(16-10)19(4)17/h5-7H,1-4H3,(H,14,15). The Bertz CT molecular complexity index is 630. The molecule has 0 aliphatic carbocycles. The highest BCUT2D eigenvalue weighted by Crippen LogP contribution is 2.24. The summed E-state index contributed by atoms with van der Waals surface area (Å²) in [6.45, 7) is 4.01. The quantitative estimate of drug-likeness (QED) is 0.857. The fourth-order valence-electron chi connectivity index (χ4n) is 1.62. The van der Waals surface area contributed by atoms with E-state index in [2.05, 4.69) is 20.3 Å². The first-order chi connectivity index (χ1) is 9.01. The summed E-state index contributed by atoms with van der Waals surface area (Å²) in [5, 5.41) is 4.30. The number of nitrogens with one attached hydrogen (secondary N) is 1. The summed E-state index contributed by atoms with van der Waals surface area (Å²) >= 11 is 0. The normalized spacial score (nSPS) is 12.7. The van der Waals surface area contributed by atoms with E-state index in [0.29, 0.717) is 22.4 Å². The summed E-state index contributed by atoms with van der Waals surface area (Å²) in [7, 11) is 0.337. The highest BCUT2D eigenvalue weighted by molar-refractivity contribution is 7.84. The van der Waals surface area contributed by atoms with Gasteiger partial charge in [0.15, 0.2) is 5.82 Å². The Labute approximate surface area is 114 Å². The lowest BCUT2D eigenvalue weighted by Crippen LogP contribution is -2.12. The fraction of sp³-hybridized carbons (Fsp3) is 0.417. The molecule has 1 unspecified atom stereocenters. The van der Waals surface area contributed by atoms with Crippen molar-refractivity contribution in [3.8, 4) is 5.88 Å². The second-order valence-electron chi connectivity index (χ2n) is 4.36. The predicted molar refractivity (Wildman–Crippen MR) is 75.0 cm³/mol. The van der Waals surface area contributed by atoms with E-state index in [4.69, 9.17) is 4.74 Å². The maximum Gasteiger partial charge on any atom is 0.218 e. The van der Waals surface area contributed by atoms with Crippen LogP contribution >= 0.6 is 0 Å². The van der Waals surface area contributed by atoms with Crippen LogP contribution in [0.1, 0.15) is 13.8 Å². The van der Waals surface area contributed by atoms with Gasteiger partial charge in [0.25, 0.3) is 0 Å². The fourth-order valence-corrected chi connectivity index (χ4v) is 2.04. The van der Waals surface area contributed by atoms with E-state index in [1.165, 1.54) is 0 Å². The number of anilines is 1. The minimum absolute atomic E-state index is 0.202. The molecular formula is C12H16N4O2S. The van der Waals surface area contributed by atoms with E-state index >= 15 is 0 Å². The van der Waals surface area contributed by atoms with Crippen LogP contribution in [0.2, 0.25) is 0 Å². The molecule has 6 nitrogen and oxygen atoms in total. The third kappa shape index (κ3) is 2.98. The molecule has 102 valence electrons. The molecule has 7 heteroatoms. The average molecular weight is 280 g/mol. The number of nitrogens with zero attached hydrogens (tertiary/aromatic N) is 3. The Morgan fingerprint density at radius 3 is 2.68 bits per heavy atom. The first-order valence-corrected chi connectivity index (χ1v) is 7.39. The Hall–Kier alpha value is -1.76. The Morgan fingerprint density at radius 1 is 1.37 bits per heavy atom. The van der Waals surface area contributed by atoms with Crippen molar-refractivity contribution in [2.45, 2.75) is 25.0 Å². The van der Waals surface area contributed by atoms with Gasteiger partial charge in [0, 0.05) is 29.9 Å². The van der Waals surface area contributed by atoms with Crippen molar-refractivity contribution in [3.05, 3.63) is 12.3 Å². The van der Waals surface area contributed by atoms with E-state index in [9.17, 15) is 4.21 Å². The van der Waals surface area contributed by atoms with Gasteiger partial charge in [0.1, 0.15) is 5.52 Å². The molecule has 0 aromatic carbocycles. The molecule has 1 atom stereocenters. The van der Waals surface area contributed by atoms with Crippen LogP contribution < -0.4 is 10.1 Å². The van der Waals surface area contributed by atoms with Gasteiger partial charge in [-0.15, -0.1) is 0 Å². The zero-order valence-electron chi connectivity index (χ0n) is 11.3. The molecule has 0 aliphatic heterocycles. The molecule has 0 bridgehead atoms. The van der Waals surface area contributed by atoms with Gasteiger partial charge in [-0.3, -0.25) is 4.21 Å². The molecule has 2 rings (SSSR count). The van der Waals surface area contributed by atoms with Crippen molar-refractivity contribution in [2.24, 2.45) is 0 Å². The number of pyridine rings is 1. The molecule has 0 aliphatic rings. The Balaban J connectivity index is 2.65. The molecule has 0 spiro atoms. The summed E-state index contributed by atoms with van der Waals surface area (Å²) in [6.07, 6.45) is 3.18. The van der Waals surface area contributed by atoms with Crippen LogP contribution in [0.5, 0.6) is 5.88 Å². The number of hydrogen-bond acceptors (Lipinski definition) is 6. The highest BCUT2D eigenvalue weighted by Gasteiger charge is 2.12. The van der Waals surface area contributed by atoms with Gasteiger partial charge in [-0.25, -0.2) is 9.97 Å². The van der Waals surface area contributed by atoms with Gasteiger partial charge in [-0.1, -0.05) is 0 Å². The summed E-state index contributed by atoms with van der Waals surface area (Å²) in [5.41, 5.74) is 0.648. The van der Waals surface area contributed by atoms with E-state index < -0.39 is 10.8 Å². The molecule has 2 aromatic rings. The lowest BCUT2D eigenvalue weighted by molar-refractivity contribution is 0.399. The van der Waals surface area contributed by atoms with Crippen molar-refractivity contribution < 1.29 is 8.95 Å². The zero-order valence-corrected chi connectivity index (χ0v) is 12.1. The number of ether oxygens (including phenoxy) is 1. The van der Waals surface area contributed by atoms with Gasteiger partial charge < -0.3 is 10.1 Å². The number of aromatic nitrogens is 3. The number of fused-ring (bicyclic) bond motifs is 1. The third-order valence-electron chi connectivity index (χ3n) is 2.41. The summed E-state index contributed by atoms with van der Waals surface area (Å²) in [6, 6.07) is 1.96. The lowest BCUT2D eigenvalue weighted by atomic mass is 10.3.